The largest absolute Gasteiger partial charge is 0.466 e. The van der Waals surface area contributed by atoms with E-state index in [1.165, 1.54) is 167 Å². The Hall–Kier alpha value is -1.14. The number of nitrogens with zero attached hydrogens (tertiary/aromatic N) is 1. The van der Waals surface area contributed by atoms with Crippen LogP contribution in [0.2, 0.25) is 0 Å². The second-order valence-electron chi connectivity index (χ2n) is 19.0. The zero-order valence-electron chi connectivity index (χ0n) is 38.3. The van der Waals surface area contributed by atoms with Gasteiger partial charge in [-0.1, -0.05) is 168 Å². The lowest BCUT2D eigenvalue weighted by Gasteiger charge is -2.29. The van der Waals surface area contributed by atoms with Crippen LogP contribution >= 0.6 is 0 Å². The minimum Gasteiger partial charge on any atom is -0.466 e. The highest BCUT2D eigenvalue weighted by Crippen LogP contribution is 2.29. The van der Waals surface area contributed by atoms with Crippen LogP contribution in [0, 0.1) is 11.8 Å². The van der Waals surface area contributed by atoms with Gasteiger partial charge >= 0.3 is 11.9 Å². The standard InChI is InChI=1S/C51H97NO5/c1-3-40-52(41-4-2)42-30-29-39-51(55,37-27-19-21-31-43-56-49(53)45-47-33-23-15-11-7-5-8-12-16-24-34-47)38-28-20-22-32-44-57-50(54)46-48-35-25-17-13-9-6-10-14-18-26-36-48/h47-48,55H,3-46H2,1-2H3. The van der Waals surface area contributed by atoms with Crippen molar-refractivity contribution >= 4 is 11.9 Å². The Morgan fingerprint density at radius 2 is 0.772 bits per heavy atom. The molecular weight excluding hydrogens is 707 g/mol. The van der Waals surface area contributed by atoms with Gasteiger partial charge in [0.2, 0.25) is 0 Å². The minimum atomic E-state index is -0.597. The number of unbranched alkanes of at least 4 members (excludes halogenated alkanes) is 7. The number of ether oxygens (including phenoxy) is 2. The van der Waals surface area contributed by atoms with Crippen LogP contribution < -0.4 is 0 Å². The van der Waals surface area contributed by atoms with Crippen LogP contribution in [0.25, 0.3) is 0 Å². The third-order valence-electron chi connectivity index (χ3n) is 13.4. The van der Waals surface area contributed by atoms with Gasteiger partial charge in [-0.3, -0.25) is 9.59 Å². The van der Waals surface area contributed by atoms with Crippen molar-refractivity contribution in [2.24, 2.45) is 11.8 Å². The molecule has 0 heterocycles. The summed E-state index contributed by atoms with van der Waals surface area (Å²) in [6, 6.07) is 0. The van der Waals surface area contributed by atoms with Crippen LogP contribution in [0.4, 0.5) is 0 Å². The Bertz CT molecular complexity index is 837. The molecule has 0 unspecified atom stereocenters. The maximum Gasteiger partial charge on any atom is 0.306 e. The summed E-state index contributed by atoms with van der Waals surface area (Å²) in [7, 11) is 0. The normalized spacial score (nSPS) is 18.2. The molecule has 0 radical (unpaired) electrons. The number of aliphatic hydroxyl groups is 1. The lowest BCUT2D eigenvalue weighted by Crippen LogP contribution is -2.30. The van der Waals surface area contributed by atoms with Crippen molar-refractivity contribution < 1.29 is 24.2 Å². The van der Waals surface area contributed by atoms with E-state index in [2.05, 4.69) is 18.7 Å². The van der Waals surface area contributed by atoms with Crippen molar-refractivity contribution in [3.8, 4) is 0 Å². The predicted octanol–water partition coefficient (Wildman–Crippen LogP) is 14.6. The number of esters is 2. The highest BCUT2D eigenvalue weighted by atomic mass is 16.5. The Kier molecular flexibility index (Phi) is 33.5. The molecule has 0 saturated heterocycles. The van der Waals surface area contributed by atoms with Crippen LogP contribution in [0.15, 0.2) is 0 Å². The average molecular weight is 804 g/mol. The molecule has 2 rings (SSSR count). The van der Waals surface area contributed by atoms with Crippen molar-refractivity contribution in [3.63, 3.8) is 0 Å². The van der Waals surface area contributed by atoms with Crippen molar-refractivity contribution in [1.29, 1.82) is 0 Å². The first-order valence-electron chi connectivity index (χ1n) is 25.7. The van der Waals surface area contributed by atoms with Crippen molar-refractivity contribution in [3.05, 3.63) is 0 Å². The molecule has 6 nitrogen and oxygen atoms in total. The lowest BCUT2D eigenvalue weighted by molar-refractivity contribution is -0.146. The van der Waals surface area contributed by atoms with Gasteiger partial charge < -0.3 is 19.5 Å². The fourth-order valence-electron chi connectivity index (χ4n) is 9.82. The lowest BCUT2D eigenvalue weighted by atomic mass is 9.85. The van der Waals surface area contributed by atoms with Gasteiger partial charge in [0, 0.05) is 12.8 Å². The number of hydrogen-bond acceptors (Lipinski definition) is 6. The van der Waals surface area contributed by atoms with Crippen LogP contribution in [-0.2, 0) is 19.1 Å². The van der Waals surface area contributed by atoms with E-state index in [4.69, 9.17) is 9.47 Å². The van der Waals surface area contributed by atoms with E-state index in [0.717, 1.165) is 90.0 Å². The van der Waals surface area contributed by atoms with Gasteiger partial charge in [0.05, 0.1) is 18.8 Å². The fraction of sp³-hybridized carbons (Fsp3) is 0.961. The van der Waals surface area contributed by atoms with Crippen LogP contribution in [0.5, 0.6) is 0 Å². The highest BCUT2D eigenvalue weighted by molar-refractivity contribution is 5.70. The molecule has 0 aromatic rings. The van der Waals surface area contributed by atoms with E-state index in [1.807, 2.05) is 0 Å². The summed E-state index contributed by atoms with van der Waals surface area (Å²) in [5.41, 5.74) is -0.597. The van der Waals surface area contributed by atoms with Crippen molar-refractivity contribution in [1.82, 2.24) is 4.90 Å². The summed E-state index contributed by atoms with van der Waals surface area (Å²) in [6.45, 7) is 9.09. The van der Waals surface area contributed by atoms with Gasteiger partial charge in [0.15, 0.2) is 0 Å². The molecule has 0 spiro atoms. The van der Waals surface area contributed by atoms with Gasteiger partial charge in [0.25, 0.3) is 0 Å². The van der Waals surface area contributed by atoms with Gasteiger partial charge in [-0.2, -0.15) is 0 Å². The van der Waals surface area contributed by atoms with E-state index in [0.29, 0.717) is 37.9 Å². The molecule has 0 amide bonds. The van der Waals surface area contributed by atoms with Crippen LogP contribution in [0.1, 0.15) is 264 Å². The Labute approximate surface area is 354 Å². The smallest absolute Gasteiger partial charge is 0.306 e. The summed E-state index contributed by atoms with van der Waals surface area (Å²) >= 11 is 0. The summed E-state index contributed by atoms with van der Waals surface area (Å²) < 4.78 is 11.5. The molecule has 0 aromatic heterocycles. The molecule has 2 fully saturated rings. The Morgan fingerprint density at radius 3 is 1.12 bits per heavy atom. The van der Waals surface area contributed by atoms with Gasteiger partial charge in [-0.05, 0) is 115 Å². The third kappa shape index (κ3) is 30.5. The van der Waals surface area contributed by atoms with E-state index < -0.39 is 5.60 Å². The molecule has 57 heavy (non-hydrogen) atoms. The average Bonchev–Trinajstić information content (AvgIpc) is 3.18. The number of carbonyl (C=O) groups excluding carboxylic acids is 2. The van der Waals surface area contributed by atoms with Crippen molar-refractivity contribution in [2.75, 3.05) is 32.8 Å². The molecule has 2 aliphatic rings. The quantitative estimate of drug-likeness (QED) is 0.0658. The van der Waals surface area contributed by atoms with Crippen LogP contribution in [0.3, 0.4) is 0 Å². The van der Waals surface area contributed by atoms with E-state index in [9.17, 15) is 14.7 Å². The van der Waals surface area contributed by atoms with E-state index in [1.54, 1.807) is 0 Å². The summed E-state index contributed by atoms with van der Waals surface area (Å²) in [5.74, 6) is 1.03. The minimum absolute atomic E-state index is 0.0116. The monoisotopic (exact) mass is 804 g/mol. The van der Waals surface area contributed by atoms with E-state index in [-0.39, 0.29) is 11.9 Å². The maximum atomic E-state index is 12.7. The van der Waals surface area contributed by atoms with Crippen molar-refractivity contribution in [2.45, 2.75) is 270 Å². The highest BCUT2D eigenvalue weighted by Gasteiger charge is 2.25. The topological polar surface area (TPSA) is 76.1 Å². The molecule has 0 bridgehead atoms. The molecule has 336 valence electrons. The molecular formula is C51H97NO5. The zero-order chi connectivity index (χ0) is 40.9. The summed E-state index contributed by atoms with van der Waals surface area (Å²) in [6.07, 6.45) is 45.4. The predicted molar refractivity (Wildman–Crippen MR) is 242 cm³/mol. The van der Waals surface area contributed by atoms with E-state index >= 15 is 0 Å². The number of hydrogen-bond donors (Lipinski definition) is 1. The number of rotatable bonds is 27. The fourth-order valence-corrected chi connectivity index (χ4v) is 9.82. The summed E-state index contributed by atoms with van der Waals surface area (Å²) in [5, 5.41) is 11.9. The zero-order valence-corrected chi connectivity index (χ0v) is 38.3. The van der Waals surface area contributed by atoms with Gasteiger partial charge in [0.1, 0.15) is 0 Å². The first-order chi connectivity index (χ1) is 27.9. The molecule has 0 atom stereocenters. The Morgan fingerprint density at radius 1 is 0.456 bits per heavy atom. The molecule has 6 heteroatoms. The first kappa shape index (κ1) is 52.0. The summed E-state index contributed by atoms with van der Waals surface area (Å²) in [4.78, 5) is 28.0. The first-order valence-corrected chi connectivity index (χ1v) is 25.7. The molecule has 1 N–H and O–H groups in total. The molecule has 0 aliphatic heterocycles. The second-order valence-corrected chi connectivity index (χ2v) is 19.0. The number of carbonyl (C=O) groups is 2. The third-order valence-corrected chi connectivity index (χ3v) is 13.4. The van der Waals surface area contributed by atoms with Gasteiger partial charge in [-0.25, -0.2) is 0 Å². The maximum absolute atomic E-state index is 12.7. The Balaban J connectivity index is 1.67. The molecule has 0 aromatic carbocycles. The van der Waals surface area contributed by atoms with Gasteiger partial charge in [-0.15, -0.1) is 0 Å². The second kappa shape index (κ2) is 36.7. The van der Waals surface area contributed by atoms with Crippen LogP contribution in [-0.4, -0.2) is 60.4 Å². The molecule has 2 aliphatic carbocycles. The SMILES string of the molecule is CCCN(CCC)CCCCC(O)(CCCCCCOC(=O)CC1CCCCCCCCCCC1)CCCCCCOC(=O)CC1CCCCCCCCCCC1. The molecule has 2 saturated carbocycles.